The summed E-state index contributed by atoms with van der Waals surface area (Å²) >= 11 is 0. The van der Waals surface area contributed by atoms with Crippen LogP contribution in [0, 0.1) is 0 Å². The first-order valence-corrected chi connectivity index (χ1v) is 7.10. The lowest BCUT2D eigenvalue weighted by Gasteiger charge is -2.29. The van der Waals surface area contributed by atoms with Gasteiger partial charge in [0.05, 0.1) is 6.61 Å². The Kier molecular flexibility index (Phi) is 3.82. The number of para-hydroxylation sites is 1. The van der Waals surface area contributed by atoms with E-state index in [1.807, 2.05) is 36.4 Å². The maximum atomic E-state index is 12.0. The molecule has 3 rings (SSSR count). The van der Waals surface area contributed by atoms with Crippen LogP contribution in [0.3, 0.4) is 0 Å². The number of rotatable bonds is 6. The van der Waals surface area contributed by atoms with Crippen molar-refractivity contribution < 1.29 is 9.53 Å². The van der Waals surface area contributed by atoms with E-state index in [0.717, 1.165) is 12.2 Å². The van der Waals surface area contributed by atoms with Gasteiger partial charge in [-0.1, -0.05) is 42.5 Å². The van der Waals surface area contributed by atoms with Gasteiger partial charge in [0.2, 0.25) is 0 Å². The van der Waals surface area contributed by atoms with Gasteiger partial charge in [0.15, 0.2) is 0 Å². The van der Waals surface area contributed by atoms with Crippen molar-refractivity contribution in [3.05, 3.63) is 65.7 Å². The molecule has 0 aromatic heterocycles. The zero-order chi connectivity index (χ0) is 13.8. The number of carbonyl (C=O) groups excluding carboxylic acids is 1. The summed E-state index contributed by atoms with van der Waals surface area (Å²) in [6.45, 7) is 0.469. The van der Waals surface area contributed by atoms with Crippen molar-refractivity contribution in [1.29, 1.82) is 0 Å². The van der Waals surface area contributed by atoms with Crippen LogP contribution in [0.4, 0.5) is 0 Å². The number of carbonyl (C=O) groups is 1. The normalized spacial score (nSPS) is 16.1. The lowest BCUT2D eigenvalue weighted by molar-refractivity contribution is -0.120. The summed E-state index contributed by atoms with van der Waals surface area (Å²) in [5, 5.41) is 0. The van der Waals surface area contributed by atoms with Gasteiger partial charge in [-0.15, -0.1) is 0 Å². The number of ether oxygens (including phenoxy) is 1. The molecule has 2 aromatic rings. The molecule has 0 N–H and O–H groups in total. The number of benzene rings is 2. The molecular formula is C18H18O2. The highest BCUT2D eigenvalue weighted by Gasteiger charge is 2.27. The van der Waals surface area contributed by atoms with Gasteiger partial charge in [-0.2, -0.15) is 0 Å². The van der Waals surface area contributed by atoms with Gasteiger partial charge in [0, 0.05) is 12.8 Å². The number of hydrogen-bond acceptors (Lipinski definition) is 2. The molecule has 0 fully saturated rings. The second-order valence-electron chi connectivity index (χ2n) is 5.25. The van der Waals surface area contributed by atoms with Crippen LogP contribution in [0.1, 0.15) is 29.9 Å². The lowest BCUT2D eigenvalue weighted by Crippen LogP contribution is -2.20. The number of hydrogen-bond donors (Lipinski definition) is 0. The van der Waals surface area contributed by atoms with Crippen molar-refractivity contribution in [2.45, 2.75) is 25.2 Å². The van der Waals surface area contributed by atoms with Crippen molar-refractivity contribution >= 4 is 5.78 Å². The second kappa shape index (κ2) is 5.91. The van der Waals surface area contributed by atoms with Crippen LogP contribution < -0.4 is 4.74 Å². The summed E-state index contributed by atoms with van der Waals surface area (Å²) in [5.74, 6) is 1.55. The number of ketones is 1. The highest BCUT2D eigenvalue weighted by Crippen LogP contribution is 2.37. The third-order valence-electron chi connectivity index (χ3n) is 3.83. The minimum atomic E-state index is 0.292. The fourth-order valence-corrected chi connectivity index (χ4v) is 2.72. The van der Waals surface area contributed by atoms with E-state index >= 15 is 0 Å². The molecule has 0 radical (unpaired) electrons. The van der Waals surface area contributed by atoms with Crippen LogP contribution >= 0.6 is 0 Å². The minimum absolute atomic E-state index is 0.292. The highest BCUT2D eigenvalue weighted by molar-refractivity contribution is 5.80. The molecule has 2 heteroatoms. The number of Topliss-reactive ketones (excluding diaryl/α,β-unsaturated/α-hetero) is 1. The SMILES string of the molecule is O=C(CCOc1ccccc1)CC1Cc2ccccc21. The Hall–Kier alpha value is -2.09. The molecule has 102 valence electrons. The van der Waals surface area contributed by atoms with E-state index in [0.29, 0.717) is 31.1 Å². The first-order valence-electron chi connectivity index (χ1n) is 7.10. The van der Waals surface area contributed by atoms with Crippen LogP contribution in [0.15, 0.2) is 54.6 Å². The van der Waals surface area contributed by atoms with Gasteiger partial charge in [-0.3, -0.25) is 4.79 Å². The van der Waals surface area contributed by atoms with Crippen LogP contribution in [0.5, 0.6) is 5.75 Å². The molecule has 0 saturated heterocycles. The summed E-state index contributed by atoms with van der Waals surface area (Å²) in [4.78, 5) is 12.0. The topological polar surface area (TPSA) is 26.3 Å². The van der Waals surface area contributed by atoms with E-state index in [1.165, 1.54) is 11.1 Å². The molecule has 0 aliphatic heterocycles. The molecule has 1 aliphatic carbocycles. The molecule has 0 amide bonds. The summed E-state index contributed by atoms with van der Waals surface area (Å²) < 4.78 is 5.56. The van der Waals surface area contributed by atoms with E-state index < -0.39 is 0 Å². The van der Waals surface area contributed by atoms with Crippen molar-refractivity contribution in [1.82, 2.24) is 0 Å². The standard InChI is InChI=1S/C18H18O2/c19-16(10-11-20-17-7-2-1-3-8-17)13-15-12-14-6-4-5-9-18(14)15/h1-9,15H,10-13H2. The van der Waals surface area contributed by atoms with E-state index in [1.54, 1.807) is 0 Å². The molecular weight excluding hydrogens is 248 g/mol. The summed E-state index contributed by atoms with van der Waals surface area (Å²) in [7, 11) is 0. The van der Waals surface area contributed by atoms with E-state index in [4.69, 9.17) is 4.74 Å². The van der Waals surface area contributed by atoms with Gasteiger partial charge in [-0.05, 0) is 35.6 Å². The van der Waals surface area contributed by atoms with Crippen LogP contribution in [0.25, 0.3) is 0 Å². The second-order valence-corrected chi connectivity index (χ2v) is 5.25. The van der Waals surface area contributed by atoms with Gasteiger partial charge in [-0.25, -0.2) is 0 Å². The average molecular weight is 266 g/mol. The van der Waals surface area contributed by atoms with Crippen LogP contribution in [-0.4, -0.2) is 12.4 Å². The van der Waals surface area contributed by atoms with Crippen molar-refractivity contribution in [2.24, 2.45) is 0 Å². The van der Waals surface area contributed by atoms with E-state index in [-0.39, 0.29) is 0 Å². The summed E-state index contributed by atoms with van der Waals surface area (Å²) in [6.07, 6.45) is 2.18. The molecule has 0 saturated carbocycles. The third kappa shape index (κ3) is 2.90. The zero-order valence-electron chi connectivity index (χ0n) is 11.4. The Labute approximate surface area is 119 Å². The van der Waals surface area contributed by atoms with E-state index in [2.05, 4.69) is 18.2 Å². The van der Waals surface area contributed by atoms with E-state index in [9.17, 15) is 4.79 Å². The van der Waals surface area contributed by atoms with Crippen molar-refractivity contribution in [3.8, 4) is 5.75 Å². The first-order chi connectivity index (χ1) is 9.83. The zero-order valence-corrected chi connectivity index (χ0v) is 11.4. The van der Waals surface area contributed by atoms with Crippen molar-refractivity contribution in [3.63, 3.8) is 0 Å². The molecule has 1 unspecified atom stereocenters. The summed E-state index contributed by atoms with van der Waals surface area (Å²) in [6, 6.07) is 18.0. The molecule has 1 aliphatic rings. The van der Waals surface area contributed by atoms with Crippen LogP contribution in [-0.2, 0) is 11.2 Å². The van der Waals surface area contributed by atoms with Crippen LogP contribution in [0.2, 0.25) is 0 Å². The Morgan fingerprint density at radius 3 is 2.60 bits per heavy atom. The molecule has 0 spiro atoms. The molecule has 2 nitrogen and oxygen atoms in total. The third-order valence-corrected chi connectivity index (χ3v) is 3.83. The fourth-order valence-electron chi connectivity index (χ4n) is 2.72. The smallest absolute Gasteiger partial charge is 0.136 e. The van der Waals surface area contributed by atoms with Gasteiger partial charge >= 0.3 is 0 Å². The maximum Gasteiger partial charge on any atom is 0.136 e. The molecule has 1 atom stereocenters. The first kappa shape index (κ1) is 12.9. The van der Waals surface area contributed by atoms with Gasteiger partial charge in [0.1, 0.15) is 11.5 Å². The molecule has 0 heterocycles. The quantitative estimate of drug-likeness (QED) is 0.796. The van der Waals surface area contributed by atoms with Crippen molar-refractivity contribution in [2.75, 3.05) is 6.61 Å². The predicted octanol–water partition coefficient (Wildman–Crippen LogP) is 3.75. The Bertz CT molecular complexity index is 589. The minimum Gasteiger partial charge on any atom is -0.493 e. The molecule has 2 aromatic carbocycles. The molecule has 20 heavy (non-hydrogen) atoms. The monoisotopic (exact) mass is 266 g/mol. The Balaban J connectivity index is 1.43. The summed E-state index contributed by atoms with van der Waals surface area (Å²) in [5.41, 5.74) is 2.75. The Morgan fingerprint density at radius 2 is 1.80 bits per heavy atom. The number of fused-ring (bicyclic) bond motifs is 1. The molecule has 0 bridgehead atoms. The highest BCUT2D eigenvalue weighted by atomic mass is 16.5. The van der Waals surface area contributed by atoms with Gasteiger partial charge in [0.25, 0.3) is 0 Å². The fraction of sp³-hybridized carbons (Fsp3) is 0.278. The predicted molar refractivity (Wildman–Crippen MR) is 79.1 cm³/mol. The largest absolute Gasteiger partial charge is 0.493 e. The average Bonchev–Trinajstić information content (AvgIpc) is 2.46. The van der Waals surface area contributed by atoms with Gasteiger partial charge < -0.3 is 4.74 Å². The lowest BCUT2D eigenvalue weighted by atomic mass is 9.75. The Morgan fingerprint density at radius 1 is 1.05 bits per heavy atom. The maximum absolute atomic E-state index is 12.0.